The Morgan fingerprint density at radius 2 is 2.26 bits per heavy atom. The van der Waals surface area contributed by atoms with Crippen molar-refractivity contribution in [3.05, 3.63) is 40.4 Å². The van der Waals surface area contributed by atoms with Crippen molar-refractivity contribution in [2.75, 3.05) is 23.8 Å². The Hall–Kier alpha value is -2.08. The van der Waals surface area contributed by atoms with Crippen molar-refractivity contribution in [2.24, 2.45) is 0 Å². The van der Waals surface area contributed by atoms with Crippen molar-refractivity contribution in [3.63, 3.8) is 0 Å². The fourth-order valence-electron chi connectivity index (χ4n) is 2.20. The van der Waals surface area contributed by atoms with E-state index in [9.17, 15) is 9.59 Å². The van der Waals surface area contributed by atoms with E-state index in [0.717, 1.165) is 0 Å². The number of thiazole rings is 1. The number of hydrogen-bond donors (Lipinski definition) is 0. The number of rotatable bonds is 9. The molecule has 6 nitrogen and oxygen atoms in total. The molecule has 0 radical (unpaired) electrons. The van der Waals surface area contributed by atoms with Gasteiger partial charge in [-0.1, -0.05) is 29.4 Å². The maximum atomic E-state index is 12.7. The SMILES string of the molecule is CCOC(=O)Cc1csc(SCC(=O)N(CCC#N)c2cccc(Cl)c2)n1. The molecule has 1 heterocycles. The molecular weight excluding hydrogens is 406 g/mol. The number of esters is 1. The lowest BCUT2D eigenvalue weighted by molar-refractivity contribution is -0.142. The third kappa shape index (κ3) is 6.86. The predicted octanol–water partition coefficient (Wildman–Crippen LogP) is 3.94. The van der Waals surface area contributed by atoms with E-state index in [1.807, 2.05) is 0 Å². The van der Waals surface area contributed by atoms with Gasteiger partial charge in [-0.2, -0.15) is 5.26 Å². The molecule has 0 aliphatic rings. The summed E-state index contributed by atoms with van der Waals surface area (Å²) < 4.78 is 5.60. The second-order valence-electron chi connectivity index (χ2n) is 5.31. The van der Waals surface area contributed by atoms with Gasteiger partial charge in [0, 0.05) is 22.6 Å². The molecule has 0 unspecified atom stereocenters. The molecule has 0 saturated carbocycles. The number of aromatic nitrogens is 1. The molecule has 0 spiro atoms. The van der Waals surface area contributed by atoms with Gasteiger partial charge in [-0.3, -0.25) is 9.59 Å². The van der Waals surface area contributed by atoms with Gasteiger partial charge in [-0.25, -0.2) is 4.98 Å². The van der Waals surface area contributed by atoms with E-state index in [-0.39, 0.29) is 30.5 Å². The third-order valence-electron chi connectivity index (χ3n) is 3.35. The average Bonchev–Trinajstić information content (AvgIpc) is 3.08. The van der Waals surface area contributed by atoms with Gasteiger partial charge < -0.3 is 9.64 Å². The van der Waals surface area contributed by atoms with Gasteiger partial charge in [0.1, 0.15) is 0 Å². The van der Waals surface area contributed by atoms with Gasteiger partial charge in [-0.05, 0) is 25.1 Å². The molecule has 9 heteroatoms. The molecule has 0 aliphatic heterocycles. The number of ether oxygens (including phenoxy) is 1. The first-order chi connectivity index (χ1) is 13.0. The third-order valence-corrected chi connectivity index (χ3v) is 5.64. The Bertz CT molecular complexity index is 835. The molecule has 27 heavy (non-hydrogen) atoms. The average molecular weight is 424 g/mol. The highest BCUT2D eigenvalue weighted by Crippen LogP contribution is 2.25. The smallest absolute Gasteiger partial charge is 0.311 e. The Labute approximate surface area is 171 Å². The molecule has 2 aromatic rings. The fraction of sp³-hybridized carbons (Fsp3) is 0.333. The number of benzene rings is 1. The number of thioether (sulfide) groups is 1. The zero-order chi connectivity index (χ0) is 19.6. The quantitative estimate of drug-likeness (QED) is 0.448. The minimum Gasteiger partial charge on any atom is -0.466 e. The van der Waals surface area contributed by atoms with Crippen LogP contribution in [0.1, 0.15) is 19.0 Å². The van der Waals surface area contributed by atoms with Crippen molar-refractivity contribution >= 4 is 52.3 Å². The van der Waals surface area contributed by atoms with Crippen molar-refractivity contribution in [3.8, 4) is 6.07 Å². The lowest BCUT2D eigenvalue weighted by Crippen LogP contribution is -2.33. The van der Waals surface area contributed by atoms with Gasteiger partial charge in [-0.15, -0.1) is 11.3 Å². The van der Waals surface area contributed by atoms with Crippen LogP contribution in [0.4, 0.5) is 5.69 Å². The zero-order valence-electron chi connectivity index (χ0n) is 14.7. The van der Waals surface area contributed by atoms with Crippen LogP contribution in [0.2, 0.25) is 5.02 Å². The van der Waals surface area contributed by atoms with Gasteiger partial charge in [0.2, 0.25) is 5.91 Å². The molecule has 1 aromatic heterocycles. The first-order valence-corrected chi connectivity index (χ1v) is 10.4. The molecule has 142 valence electrons. The lowest BCUT2D eigenvalue weighted by Gasteiger charge is -2.21. The summed E-state index contributed by atoms with van der Waals surface area (Å²) >= 11 is 8.69. The zero-order valence-corrected chi connectivity index (χ0v) is 17.1. The standard InChI is InChI=1S/C18H18ClN3O3S2/c1-2-25-17(24)10-14-11-26-18(21-14)27-12-16(23)22(8-4-7-20)15-6-3-5-13(19)9-15/h3,5-6,9,11H,2,4,8,10,12H2,1H3. The largest absolute Gasteiger partial charge is 0.466 e. The summed E-state index contributed by atoms with van der Waals surface area (Å²) in [4.78, 5) is 30.1. The number of carbonyl (C=O) groups is 2. The van der Waals surface area contributed by atoms with Crippen LogP contribution in [-0.2, 0) is 20.7 Å². The van der Waals surface area contributed by atoms with Crippen LogP contribution >= 0.6 is 34.7 Å². The van der Waals surface area contributed by atoms with Crippen LogP contribution in [0.5, 0.6) is 0 Å². The van der Waals surface area contributed by atoms with E-state index in [2.05, 4.69) is 11.1 Å². The highest BCUT2D eigenvalue weighted by atomic mass is 35.5. The highest BCUT2D eigenvalue weighted by molar-refractivity contribution is 8.01. The highest BCUT2D eigenvalue weighted by Gasteiger charge is 2.17. The molecular formula is C18H18ClN3O3S2. The number of nitriles is 1. The minimum absolute atomic E-state index is 0.121. The molecule has 1 amide bonds. The van der Waals surface area contributed by atoms with Gasteiger partial charge in [0.25, 0.3) is 0 Å². The monoisotopic (exact) mass is 423 g/mol. The molecule has 0 bridgehead atoms. The normalized spacial score (nSPS) is 10.3. The van der Waals surface area contributed by atoms with Crippen molar-refractivity contribution in [1.82, 2.24) is 4.98 Å². The van der Waals surface area contributed by atoms with Gasteiger partial charge in [0.15, 0.2) is 4.34 Å². The number of hydrogen-bond acceptors (Lipinski definition) is 7. The van der Waals surface area contributed by atoms with Crippen molar-refractivity contribution in [2.45, 2.75) is 24.1 Å². The molecule has 1 aromatic carbocycles. The maximum Gasteiger partial charge on any atom is 0.311 e. The molecule has 2 rings (SSSR count). The summed E-state index contributed by atoms with van der Waals surface area (Å²) in [5.41, 5.74) is 1.29. The van der Waals surface area contributed by atoms with E-state index in [1.165, 1.54) is 23.1 Å². The molecule has 0 fully saturated rings. The van der Waals surface area contributed by atoms with E-state index >= 15 is 0 Å². The van der Waals surface area contributed by atoms with Gasteiger partial charge >= 0.3 is 5.97 Å². The number of halogens is 1. The van der Waals surface area contributed by atoms with Crippen molar-refractivity contribution in [1.29, 1.82) is 5.26 Å². The van der Waals surface area contributed by atoms with Crippen LogP contribution in [0.3, 0.4) is 0 Å². The first-order valence-electron chi connectivity index (χ1n) is 8.19. The number of nitrogens with zero attached hydrogens (tertiary/aromatic N) is 3. The fourth-order valence-corrected chi connectivity index (χ4v) is 4.11. The Kier molecular flexibility index (Phi) is 8.58. The van der Waals surface area contributed by atoms with Crippen LogP contribution < -0.4 is 4.90 Å². The predicted molar refractivity (Wildman–Crippen MR) is 107 cm³/mol. The van der Waals surface area contributed by atoms with E-state index in [0.29, 0.717) is 33.9 Å². The van der Waals surface area contributed by atoms with Crippen LogP contribution in [0.15, 0.2) is 34.0 Å². The molecule has 0 aliphatic carbocycles. The second-order valence-corrected chi connectivity index (χ2v) is 7.83. The first kappa shape index (κ1) is 21.2. The molecule has 0 atom stereocenters. The van der Waals surface area contributed by atoms with Gasteiger partial charge in [0.05, 0.1) is 37.0 Å². The summed E-state index contributed by atoms with van der Waals surface area (Å²) in [5, 5.41) is 11.2. The maximum absolute atomic E-state index is 12.7. The summed E-state index contributed by atoms with van der Waals surface area (Å²) in [6.07, 6.45) is 0.347. The summed E-state index contributed by atoms with van der Waals surface area (Å²) in [5.74, 6) is -0.289. The minimum atomic E-state index is -0.320. The number of carbonyl (C=O) groups excluding carboxylic acids is 2. The van der Waals surface area contributed by atoms with Crippen molar-refractivity contribution < 1.29 is 14.3 Å². The van der Waals surface area contributed by atoms with Crippen LogP contribution in [-0.4, -0.2) is 35.8 Å². The van der Waals surface area contributed by atoms with E-state index in [1.54, 1.807) is 41.5 Å². The Morgan fingerprint density at radius 1 is 1.44 bits per heavy atom. The summed E-state index contributed by atoms with van der Waals surface area (Å²) in [7, 11) is 0. The van der Waals surface area contributed by atoms with E-state index < -0.39 is 0 Å². The Balaban J connectivity index is 1.98. The molecule has 0 saturated heterocycles. The van der Waals surface area contributed by atoms with Crippen LogP contribution in [0, 0.1) is 11.3 Å². The second kappa shape index (κ2) is 10.9. The number of anilines is 1. The Morgan fingerprint density at radius 3 is 2.96 bits per heavy atom. The molecule has 0 N–H and O–H groups in total. The van der Waals surface area contributed by atoms with E-state index in [4.69, 9.17) is 21.6 Å². The number of amides is 1. The van der Waals surface area contributed by atoms with Crippen LogP contribution in [0.25, 0.3) is 0 Å². The summed E-state index contributed by atoms with van der Waals surface area (Å²) in [6.45, 7) is 2.38. The topological polar surface area (TPSA) is 83.3 Å². The summed E-state index contributed by atoms with van der Waals surface area (Å²) in [6, 6.07) is 9.03. The lowest BCUT2D eigenvalue weighted by atomic mass is 10.2.